The van der Waals surface area contributed by atoms with Crippen LogP contribution in [-0.2, 0) is 16.1 Å². The van der Waals surface area contributed by atoms with Crippen molar-refractivity contribution in [2.75, 3.05) is 0 Å². The van der Waals surface area contributed by atoms with Crippen LogP contribution in [0.4, 0.5) is 0 Å². The molecule has 2 nitrogen and oxygen atoms in total. The second-order valence-electron chi connectivity index (χ2n) is 6.64. The number of fused-ring (bicyclic) bond motifs is 2. The van der Waals surface area contributed by atoms with E-state index in [0.717, 1.165) is 19.4 Å². The van der Waals surface area contributed by atoms with Crippen molar-refractivity contribution in [3.8, 4) is 0 Å². The van der Waals surface area contributed by atoms with Gasteiger partial charge in [0.25, 0.3) is 0 Å². The van der Waals surface area contributed by atoms with Crippen molar-refractivity contribution in [2.24, 2.45) is 5.92 Å². The fraction of sp³-hybridized carbons (Fsp3) is 0.750. The fourth-order valence-electron chi connectivity index (χ4n) is 3.56. The largest absolute Gasteiger partial charge is 0.370 e. The lowest BCUT2D eigenvalue weighted by Gasteiger charge is -2.31. The Balaban J connectivity index is 1.69. The molecule has 2 saturated heterocycles. The summed E-state index contributed by atoms with van der Waals surface area (Å²) in [6, 6.07) is 2.18. The minimum atomic E-state index is -0.0613. The van der Waals surface area contributed by atoms with Gasteiger partial charge >= 0.3 is 0 Å². The molecule has 19 heavy (non-hydrogen) atoms. The van der Waals surface area contributed by atoms with Crippen molar-refractivity contribution >= 4 is 11.3 Å². The van der Waals surface area contributed by atoms with Crippen LogP contribution in [0.2, 0.25) is 0 Å². The molecule has 0 aromatic carbocycles. The molecular formula is C16H24O2S. The number of rotatable bonds is 4. The predicted octanol–water partition coefficient (Wildman–Crippen LogP) is 4.31. The van der Waals surface area contributed by atoms with Crippen molar-refractivity contribution in [1.82, 2.24) is 0 Å². The molecule has 3 rings (SSSR count). The number of hydrogen-bond donors (Lipinski definition) is 0. The molecule has 0 saturated carbocycles. The Morgan fingerprint density at radius 2 is 2.26 bits per heavy atom. The van der Waals surface area contributed by atoms with Crippen LogP contribution in [-0.4, -0.2) is 17.3 Å². The van der Waals surface area contributed by atoms with Crippen molar-refractivity contribution in [3.05, 3.63) is 21.9 Å². The average Bonchev–Trinajstić information content (AvgIpc) is 2.98. The maximum absolute atomic E-state index is 6.40. The first-order chi connectivity index (χ1) is 8.95. The monoisotopic (exact) mass is 280 g/mol. The van der Waals surface area contributed by atoms with E-state index >= 15 is 0 Å². The first kappa shape index (κ1) is 13.6. The minimum Gasteiger partial charge on any atom is -0.370 e. The summed E-state index contributed by atoms with van der Waals surface area (Å²) in [4.78, 5) is 1.37. The highest BCUT2D eigenvalue weighted by Gasteiger charge is 2.60. The van der Waals surface area contributed by atoms with Crippen molar-refractivity contribution in [1.29, 1.82) is 0 Å². The Bertz CT molecular complexity index is 467. The van der Waals surface area contributed by atoms with E-state index in [9.17, 15) is 0 Å². The van der Waals surface area contributed by atoms with Crippen molar-refractivity contribution in [3.63, 3.8) is 0 Å². The number of thiophene rings is 1. The first-order valence-electron chi connectivity index (χ1n) is 7.30. The average molecular weight is 280 g/mol. The Kier molecular flexibility index (Phi) is 3.27. The van der Waals surface area contributed by atoms with Crippen LogP contribution in [0.5, 0.6) is 0 Å². The van der Waals surface area contributed by atoms with Gasteiger partial charge in [0, 0.05) is 11.3 Å². The van der Waals surface area contributed by atoms with Crippen LogP contribution in [0.15, 0.2) is 11.4 Å². The van der Waals surface area contributed by atoms with E-state index in [-0.39, 0.29) is 17.3 Å². The van der Waals surface area contributed by atoms with Crippen LogP contribution >= 0.6 is 11.3 Å². The molecule has 2 fully saturated rings. The quantitative estimate of drug-likeness (QED) is 0.818. The highest BCUT2D eigenvalue weighted by molar-refractivity contribution is 7.10. The lowest BCUT2D eigenvalue weighted by atomic mass is 9.75. The molecule has 3 unspecified atom stereocenters. The molecule has 2 bridgehead atoms. The lowest BCUT2D eigenvalue weighted by Crippen LogP contribution is -2.38. The summed E-state index contributed by atoms with van der Waals surface area (Å²) in [6.07, 6.45) is 3.64. The fourth-order valence-corrected chi connectivity index (χ4v) is 4.27. The van der Waals surface area contributed by atoms with E-state index in [1.807, 2.05) is 0 Å². The van der Waals surface area contributed by atoms with Crippen LogP contribution < -0.4 is 0 Å². The third-order valence-corrected chi connectivity index (χ3v) is 6.04. The molecule has 2 aliphatic rings. The summed E-state index contributed by atoms with van der Waals surface area (Å²) in [5.41, 5.74) is 1.34. The summed E-state index contributed by atoms with van der Waals surface area (Å²) >= 11 is 1.79. The van der Waals surface area contributed by atoms with Gasteiger partial charge in [-0.2, -0.15) is 0 Å². The Morgan fingerprint density at radius 1 is 1.47 bits per heavy atom. The van der Waals surface area contributed by atoms with Gasteiger partial charge in [0.2, 0.25) is 0 Å². The summed E-state index contributed by atoms with van der Waals surface area (Å²) in [5.74, 6) is 0.575. The molecule has 1 aromatic heterocycles. The number of hydrogen-bond acceptors (Lipinski definition) is 3. The van der Waals surface area contributed by atoms with E-state index in [4.69, 9.17) is 9.47 Å². The van der Waals surface area contributed by atoms with Gasteiger partial charge in [0.05, 0.1) is 23.9 Å². The summed E-state index contributed by atoms with van der Waals surface area (Å²) < 4.78 is 12.6. The van der Waals surface area contributed by atoms with E-state index in [1.165, 1.54) is 16.9 Å². The molecule has 0 N–H and O–H groups in total. The lowest BCUT2D eigenvalue weighted by molar-refractivity contribution is -0.0960. The van der Waals surface area contributed by atoms with Crippen LogP contribution in [0.1, 0.15) is 50.5 Å². The molecule has 0 amide bonds. The highest BCUT2D eigenvalue weighted by Crippen LogP contribution is 2.55. The van der Waals surface area contributed by atoms with Crippen LogP contribution in [0, 0.1) is 12.8 Å². The Morgan fingerprint density at radius 3 is 2.84 bits per heavy atom. The summed E-state index contributed by atoms with van der Waals surface area (Å²) in [7, 11) is 0. The van der Waals surface area contributed by atoms with Crippen molar-refractivity contribution < 1.29 is 9.47 Å². The molecule has 3 atom stereocenters. The highest BCUT2D eigenvalue weighted by atomic mass is 32.1. The number of aryl methyl sites for hydroxylation is 1. The van der Waals surface area contributed by atoms with Gasteiger partial charge in [0.1, 0.15) is 0 Å². The third kappa shape index (κ3) is 2.16. The molecule has 0 radical (unpaired) electrons. The van der Waals surface area contributed by atoms with Gasteiger partial charge in [-0.3, -0.25) is 0 Å². The molecule has 2 aliphatic heterocycles. The first-order valence-corrected chi connectivity index (χ1v) is 8.18. The van der Waals surface area contributed by atoms with Gasteiger partial charge in [0.15, 0.2) is 0 Å². The SMILES string of the molecule is Cc1sccc1COC1CC2(C(C)C)CCC1(C)O2. The molecule has 0 spiro atoms. The smallest absolute Gasteiger partial charge is 0.0924 e. The summed E-state index contributed by atoms with van der Waals surface area (Å²) in [5, 5.41) is 2.14. The van der Waals surface area contributed by atoms with Gasteiger partial charge in [-0.1, -0.05) is 13.8 Å². The topological polar surface area (TPSA) is 18.5 Å². The zero-order valence-corrected chi connectivity index (χ0v) is 13.2. The van der Waals surface area contributed by atoms with Gasteiger partial charge < -0.3 is 9.47 Å². The maximum Gasteiger partial charge on any atom is 0.0924 e. The minimum absolute atomic E-state index is 0.0613. The predicted molar refractivity (Wildman–Crippen MR) is 78.5 cm³/mol. The second-order valence-corrected chi connectivity index (χ2v) is 7.76. The molecule has 3 heterocycles. The van der Waals surface area contributed by atoms with E-state index < -0.39 is 0 Å². The molecule has 3 heteroatoms. The standard InChI is InChI=1S/C16H24O2S/c1-11(2)16-7-6-15(4,18-16)14(9-16)17-10-13-5-8-19-12(13)3/h5,8,11,14H,6-7,9-10H2,1-4H3. The van der Waals surface area contributed by atoms with Crippen LogP contribution in [0.3, 0.4) is 0 Å². The second kappa shape index (κ2) is 4.57. The zero-order valence-electron chi connectivity index (χ0n) is 12.4. The normalized spacial score (nSPS) is 37.4. The van der Waals surface area contributed by atoms with Crippen molar-refractivity contribution in [2.45, 2.75) is 70.9 Å². The van der Waals surface area contributed by atoms with E-state index in [1.54, 1.807) is 11.3 Å². The Labute approximate surface area is 120 Å². The maximum atomic E-state index is 6.40. The molecule has 0 aliphatic carbocycles. The van der Waals surface area contributed by atoms with Gasteiger partial charge in [-0.05, 0) is 49.6 Å². The summed E-state index contributed by atoms with van der Waals surface area (Å²) in [6.45, 7) is 9.68. The van der Waals surface area contributed by atoms with Crippen LogP contribution in [0.25, 0.3) is 0 Å². The van der Waals surface area contributed by atoms with Gasteiger partial charge in [-0.25, -0.2) is 0 Å². The van der Waals surface area contributed by atoms with Gasteiger partial charge in [-0.15, -0.1) is 11.3 Å². The van der Waals surface area contributed by atoms with E-state index in [0.29, 0.717) is 5.92 Å². The van der Waals surface area contributed by atoms with E-state index in [2.05, 4.69) is 39.1 Å². The zero-order chi connectivity index (χ0) is 13.7. The molecule has 1 aromatic rings. The molecular weight excluding hydrogens is 256 g/mol. The number of ether oxygens (including phenoxy) is 2. The Hall–Kier alpha value is -0.380. The third-order valence-electron chi connectivity index (χ3n) is 5.15. The molecule has 106 valence electrons.